The molecule has 396 valence electrons. The maximum Gasteiger partial charge on any atom is 0.351 e. The summed E-state index contributed by atoms with van der Waals surface area (Å²) in [6.07, 6.45) is -10.7. The lowest BCUT2D eigenvalue weighted by Crippen LogP contribution is -2.37. The summed E-state index contributed by atoms with van der Waals surface area (Å²) in [6, 6.07) is 0.732. The Bertz CT molecular complexity index is 3140. The van der Waals surface area contributed by atoms with Gasteiger partial charge in [0.1, 0.15) is 66.6 Å². The van der Waals surface area contributed by atoms with Crippen LogP contribution in [0.15, 0.2) is 69.2 Å². The number of nitrogen functional groups attached to an aromatic ring is 2. The highest BCUT2D eigenvalue weighted by Crippen LogP contribution is 2.31. The summed E-state index contributed by atoms with van der Waals surface area (Å²) >= 11 is 3.87. The van der Waals surface area contributed by atoms with Gasteiger partial charge >= 0.3 is 28.4 Å². The number of anilines is 2. The van der Waals surface area contributed by atoms with Gasteiger partial charge in [0, 0.05) is 12.4 Å². The fourth-order valence-corrected chi connectivity index (χ4v) is 6.84. The first-order chi connectivity index (χ1) is 33.8. The second kappa shape index (κ2) is 25.4. The predicted octanol–water partition coefficient (Wildman–Crippen LogP) is -9.53. The Morgan fingerprint density at radius 1 is 0.611 bits per heavy atom. The van der Waals surface area contributed by atoms with E-state index >= 15 is 0 Å². The molecule has 8 heterocycles. The van der Waals surface area contributed by atoms with Crippen molar-refractivity contribution in [3.05, 3.63) is 121 Å². The molecule has 0 saturated carbocycles. The molecule has 5 aromatic heterocycles. The van der Waals surface area contributed by atoms with E-state index in [1.54, 1.807) is 0 Å². The average molecular weight is 1250 g/mol. The monoisotopic (exact) mass is 1250 g/mol. The van der Waals surface area contributed by atoms with Gasteiger partial charge in [-0.25, -0.2) is 33.5 Å². The first-order valence-corrected chi connectivity index (χ1v) is 21.9. The number of nitrogens with two attached hydrogens (primary N) is 2. The zero-order valence-corrected chi connectivity index (χ0v) is 40.3. The fourth-order valence-electron chi connectivity index (χ4n) is 6.15. The number of aliphatic hydroxyl groups excluding tert-OH is 9. The molecule has 3 saturated heterocycles. The molecule has 8 rings (SSSR count). The topological polar surface area (TPSA) is 579 Å². The highest BCUT2D eigenvalue weighted by molar-refractivity contribution is 14.1. The number of aliphatic hydroxyl groups is 9. The normalized spacial score (nSPS) is 26.2. The van der Waals surface area contributed by atoms with Gasteiger partial charge in [0.15, 0.2) is 30.2 Å². The van der Waals surface area contributed by atoms with Crippen molar-refractivity contribution in [1.29, 1.82) is 0 Å². The molecular weight excluding hydrogens is 1210 g/mol. The Labute approximate surface area is 422 Å². The summed E-state index contributed by atoms with van der Waals surface area (Å²) in [7, 11) is 0. The summed E-state index contributed by atoms with van der Waals surface area (Å²) < 4.78 is 19.0. The van der Waals surface area contributed by atoms with Gasteiger partial charge in [-0.2, -0.15) is 4.98 Å². The first kappa shape index (κ1) is 58.4. The summed E-state index contributed by atoms with van der Waals surface area (Å²) in [5.74, 6) is -1.47. The van der Waals surface area contributed by atoms with E-state index in [2.05, 4.69) is 19.9 Å². The van der Waals surface area contributed by atoms with Crippen molar-refractivity contribution >= 4 is 56.8 Å². The Morgan fingerprint density at radius 2 is 1.11 bits per heavy atom. The van der Waals surface area contributed by atoms with E-state index in [9.17, 15) is 79.2 Å². The summed E-state index contributed by atoms with van der Waals surface area (Å²) in [5.41, 5.74) is 4.61. The highest BCUT2D eigenvalue weighted by atomic mass is 127. The molecule has 0 spiro atoms. The molecule has 21 N–H and O–H groups in total. The SMILES string of the molecule is Nc1[nH]c(=O)ncc1I.Nc1nc(=O)n([C@@H]2O[C@H](CO)[C@@H](O)[C@H]2O)cc1I.O=c1[nH]c(=O)n([C@@H]2O[C@H](CO)[C@@H](O)[C@H]2O)cc1O.O=c1[nH]cc(O)c(=O)[nH]1.O=c1cc(O)n([C@@H]2O[C@H](CO)[C@@H](O)[C@H]2O)c(=O)[nH]1. The number of hydrogen-bond donors (Lipinski definition) is 19. The minimum Gasteiger partial charge on any atom is -0.502 e. The summed E-state index contributed by atoms with van der Waals surface area (Å²) in [5, 5.41) is 112. The lowest BCUT2D eigenvalue weighted by molar-refractivity contribution is -0.0578. The third-order valence-electron chi connectivity index (χ3n) is 9.79. The third-order valence-corrected chi connectivity index (χ3v) is 11.5. The van der Waals surface area contributed by atoms with Gasteiger partial charge < -0.3 is 91.9 Å². The number of rotatable bonds is 6. The van der Waals surface area contributed by atoms with E-state index in [0.717, 1.165) is 31.2 Å². The van der Waals surface area contributed by atoms with Crippen LogP contribution in [0.4, 0.5) is 11.6 Å². The standard InChI is InChI=1S/C9H12IN3O5.2C9H12N2O7.C4H4IN3O.C4H4N2O3/c10-3-1-13(9(17)12-7(3)11)8-6(16)5(15)4(2-14)18-8;12-2-3-6(15)7(16)8(18-3)11-5(14)1-4(13)10-9(11)17;12-2-4-5(14)6(15)8(18-4)11-1-3(13)7(16)10-9(11)17;5-2-1-7-4(9)8-3(2)6;7-2-1-5-4(9)6-3(2)8/h1,4-6,8,14-16H,2H2,(H2,11,12,17);1,3,6-8,12,14-16H,2H2,(H,10,13,17);1,4-6,8,12-15H,2H2,(H,10,16,17);1H,(H3,6,7,8,9);1,7H,(H2,5,6,8,9)/t4-,5-,6-,8-;3-,6-,7-,8-;4-,5-,6-,8-;;/m111../s1. The maximum atomic E-state index is 11.7. The van der Waals surface area contributed by atoms with Gasteiger partial charge in [0.05, 0.1) is 45.4 Å². The lowest BCUT2D eigenvalue weighted by atomic mass is 10.1. The maximum absolute atomic E-state index is 11.7. The van der Waals surface area contributed by atoms with Crippen molar-refractivity contribution in [2.45, 2.75) is 73.6 Å². The second-order valence-corrected chi connectivity index (χ2v) is 16.9. The van der Waals surface area contributed by atoms with Crippen molar-refractivity contribution in [2.75, 3.05) is 31.3 Å². The smallest absolute Gasteiger partial charge is 0.351 e. The Hall–Kier alpha value is -6.22. The zero-order chi connectivity index (χ0) is 54.0. The lowest BCUT2D eigenvalue weighted by Gasteiger charge is -2.17. The predicted molar refractivity (Wildman–Crippen MR) is 252 cm³/mol. The van der Waals surface area contributed by atoms with Crippen LogP contribution in [0.2, 0.25) is 0 Å². The zero-order valence-electron chi connectivity index (χ0n) is 35.9. The number of aromatic nitrogens is 10. The van der Waals surface area contributed by atoms with E-state index in [1.165, 1.54) is 12.4 Å². The summed E-state index contributed by atoms with van der Waals surface area (Å²) in [4.78, 5) is 104. The number of ether oxygens (including phenoxy) is 3. The minimum atomic E-state index is -1.52. The van der Waals surface area contributed by atoms with Gasteiger partial charge in [0.25, 0.3) is 16.7 Å². The van der Waals surface area contributed by atoms with Crippen LogP contribution in [0, 0.1) is 7.14 Å². The number of nitrogens with zero attached hydrogens (tertiary/aromatic N) is 5. The summed E-state index contributed by atoms with van der Waals surface area (Å²) in [6.45, 7) is -1.56. The Morgan fingerprint density at radius 3 is 1.57 bits per heavy atom. The van der Waals surface area contributed by atoms with Crippen molar-refractivity contribution in [3.8, 4) is 17.4 Å². The van der Waals surface area contributed by atoms with Crippen molar-refractivity contribution in [1.82, 2.24) is 48.6 Å². The van der Waals surface area contributed by atoms with Gasteiger partial charge in [-0.15, -0.1) is 0 Å². The number of aromatic amines is 5. The number of aromatic hydroxyl groups is 3. The Balaban J connectivity index is 0.000000201. The number of H-pyrrole nitrogens is 5. The van der Waals surface area contributed by atoms with Crippen LogP contribution in [0.1, 0.15) is 18.7 Å². The molecular formula is C35H44I2N12O23. The molecule has 0 amide bonds. The minimum absolute atomic E-state index is 0.0867. The van der Waals surface area contributed by atoms with Gasteiger partial charge in [0.2, 0.25) is 5.88 Å². The number of hydrogen-bond acceptors (Lipinski definition) is 27. The molecule has 0 radical (unpaired) electrons. The molecule has 37 heteroatoms. The molecule has 3 aliphatic rings. The van der Waals surface area contributed by atoms with E-state index in [0.29, 0.717) is 14.0 Å². The quantitative estimate of drug-likeness (QED) is 0.0702. The van der Waals surface area contributed by atoms with Crippen LogP contribution in [0.3, 0.4) is 0 Å². The number of halogens is 2. The van der Waals surface area contributed by atoms with Gasteiger partial charge in [-0.05, 0) is 45.2 Å². The van der Waals surface area contributed by atoms with Crippen molar-refractivity contribution in [2.24, 2.45) is 0 Å². The van der Waals surface area contributed by atoms with E-state index in [1.807, 2.05) is 60.1 Å². The second-order valence-electron chi connectivity index (χ2n) is 14.6. The average Bonchev–Trinajstić information content (AvgIpc) is 3.89. The molecule has 0 aliphatic carbocycles. The van der Waals surface area contributed by atoms with Crippen LogP contribution in [0.5, 0.6) is 17.4 Å². The van der Waals surface area contributed by atoms with Crippen LogP contribution >= 0.6 is 45.2 Å². The van der Waals surface area contributed by atoms with Crippen LogP contribution in [-0.4, -0.2) is 185 Å². The largest absolute Gasteiger partial charge is 0.502 e. The van der Waals surface area contributed by atoms with Crippen LogP contribution in [-0.2, 0) is 14.2 Å². The van der Waals surface area contributed by atoms with E-state index in [-0.39, 0.29) is 5.82 Å². The van der Waals surface area contributed by atoms with Gasteiger partial charge in [-0.3, -0.25) is 43.5 Å². The molecule has 0 unspecified atom stereocenters. The molecule has 35 nitrogen and oxygen atoms in total. The number of nitrogens with one attached hydrogen (secondary N) is 5. The molecule has 0 bridgehead atoms. The molecule has 3 aliphatic heterocycles. The van der Waals surface area contributed by atoms with Crippen LogP contribution < -0.4 is 56.6 Å². The molecule has 12 atom stereocenters. The Kier molecular flexibility index (Phi) is 20.6. The van der Waals surface area contributed by atoms with E-state index in [4.69, 9.17) is 46.1 Å². The fraction of sp³-hybridized carbons (Fsp3) is 0.429. The first-order valence-electron chi connectivity index (χ1n) is 19.8. The molecule has 5 aromatic rings. The van der Waals surface area contributed by atoms with Crippen molar-refractivity contribution in [3.63, 3.8) is 0 Å². The van der Waals surface area contributed by atoms with Crippen molar-refractivity contribution < 1.29 is 75.5 Å². The highest BCUT2D eigenvalue weighted by Gasteiger charge is 2.46. The molecule has 72 heavy (non-hydrogen) atoms. The van der Waals surface area contributed by atoms with Crippen LogP contribution in [0.25, 0.3) is 0 Å². The van der Waals surface area contributed by atoms with E-state index < -0.39 is 156 Å². The molecule has 3 fully saturated rings. The third kappa shape index (κ3) is 14.0. The molecule has 0 aromatic carbocycles. The van der Waals surface area contributed by atoms with Gasteiger partial charge in [-0.1, -0.05) is 0 Å².